The highest BCUT2D eigenvalue weighted by Gasteiger charge is 2.15. The minimum Gasteiger partial charge on any atom is -0.313 e. The van der Waals surface area contributed by atoms with E-state index in [0.29, 0.717) is 5.92 Å². The van der Waals surface area contributed by atoms with E-state index in [1.165, 1.54) is 6.07 Å². The van der Waals surface area contributed by atoms with Gasteiger partial charge in [-0.1, -0.05) is 32.4 Å². The topological polar surface area (TPSA) is 12.0 Å². The lowest BCUT2D eigenvalue weighted by molar-refractivity contribution is 0.399. The van der Waals surface area contributed by atoms with Crippen molar-refractivity contribution in [2.24, 2.45) is 5.92 Å². The smallest absolute Gasteiger partial charge is 0.123 e. The lowest BCUT2D eigenvalue weighted by Gasteiger charge is -2.22. The van der Waals surface area contributed by atoms with Crippen molar-refractivity contribution in [3.63, 3.8) is 0 Å². The number of hydrogen-bond donors (Lipinski definition) is 1. The molecule has 0 aliphatic carbocycles. The summed E-state index contributed by atoms with van der Waals surface area (Å²) in [5, 5.41) is 3.23. The van der Waals surface area contributed by atoms with Gasteiger partial charge in [0.1, 0.15) is 5.82 Å². The van der Waals surface area contributed by atoms with Gasteiger partial charge in [0.2, 0.25) is 0 Å². The van der Waals surface area contributed by atoms with Crippen molar-refractivity contribution >= 4 is 0 Å². The molecule has 78 valence electrons. The molecular formula is C12H18FN. The molecule has 0 amide bonds. The molecule has 0 spiro atoms. The zero-order valence-corrected chi connectivity index (χ0v) is 9.05. The highest BCUT2D eigenvalue weighted by Crippen LogP contribution is 2.24. The van der Waals surface area contributed by atoms with Gasteiger partial charge in [-0.25, -0.2) is 4.39 Å². The maximum absolute atomic E-state index is 13.0. The molecule has 0 saturated heterocycles. The molecule has 0 saturated carbocycles. The molecule has 0 bridgehead atoms. The van der Waals surface area contributed by atoms with Gasteiger partial charge in [-0.3, -0.25) is 0 Å². The Bertz CT molecular complexity index is 285. The molecule has 0 aliphatic heterocycles. The van der Waals surface area contributed by atoms with Crippen LogP contribution in [0.15, 0.2) is 24.3 Å². The zero-order chi connectivity index (χ0) is 10.6. The highest BCUT2D eigenvalue weighted by molar-refractivity contribution is 5.20. The van der Waals surface area contributed by atoms with Gasteiger partial charge >= 0.3 is 0 Å². The summed E-state index contributed by atoms with van der Waals surface area (Å²) in [6.07, 6.45) is 1.09. The zero-order valence-electron chi connectivity index (χ0n) is 9.05. The van der Waals surface area contributed by atoms with Crippen molar-refractivity contribution in [3.8, 4) is 0 Å². The molecule has 0 aliphatic rings. The molecule has 2 atom stereocenters. The van der Waals surface area contributed by atoms with E-state index in [2.05, 4.69) is 19.2 Å². The Morgan fingerprint density at radius 2 is 2.14 bits per heavy atom. The molecule has 0 heterocycles. The minimum absolute atomic E-state index is 0.161. The van der Waals surface area contributed by atoms with Crippen molar-refractivity contribution in [2.75, 3.05) is 7.05 Å². The quantitative estimate of drug-likeness (QED) is 0.778. The van der Waals surface area contributed by atoms with Crippen LogP contribution in [0.5, 0.6) is 0 Å². The molecule has 2 heteroatoms. The molecule has 1 rings (SSSR count). The molecule has 14 heavy (non-hydrogen) atoms. The van der Waals surface area contributed by atoms with E-state index < -0.39 is 0 Å². The molecule has 1 nitrogen and oxygen atoms in total. The van der Waals surface area contributed by atoms with Gasteiger partial charge in [-0.05, 0) is 30.7 Å². The maximum Gasteiger partial charge on any atom is 0.123 e. The van der Waals surface area contributed by atoms with Crippen molar-refractivity contribution in [2.45, 2.75) is 26.3 Å². The number of hydrogen-bond acceptors (Lipinski definition) is 1. The Balaban J connectivity index is 2.89. The normalized spacial score (nSPS) is 15.1. The Morgan fingerprint density at radius 1 is 1.43 bits per heavy atom. The second-order valence-corrected chi connectivity index (χ2v) is 3.71. The summed E-state index contributed by atoms with van der Waals surface area (Å²) < 4.78 is 13.0. The predicted molar refractivity (Wildman–Crippen MR) is 57.7 cm³/mol. The van der Waals surface area contributed by atoms with E-state index >= 15 is 0 Å². The van der Waals surface area contributed by atoms with Crippen LogP contribution in [0.4, 0.5) is 4.39 Å². The third kappa shape index (κ3) is 2.55. The molecule has 1 aromatic rings. The number of rotatable bonds is 4. The van der Waals surface area contributed by atoms with Crippen molar-refractivity contribution in [3.05, 3.63) is 35.6 Å². The van der Waals surface area contributed by atoms with Crippen LogP contribution < -0.4 is 5.32 Å². The standard InChI is InChI=1S/C12H18FN/c1-4-9(2)12(14-3)10-6-5-7-11(13)8-10/h5-9,12,14H,4H2,1-3H3. The third-order valence-electron chi connectivity index (χ3n) is 2.73. The van der Waals surface area contributed by atoms with Crippen molar-refractivity contribution in [1.82, 2.24) is 5.32 Å². The fourth-order valence-electron chi connectivity index (χ4n) is 1.72. The van der Waals surface area contributed by atoms with Crippen LogP contribution in [0.1, 0.15) is 31.9 Å². The minimum atomic E-state index is -0.161. The van der Waals surface area contributed by atoms with Crippen LogP contribution in [0.25, 0.3) is 0 Å². The van der Waals surface area contributed by atoms with E-state index in [0.717, 1.165) is 12.0 Å². The number of benzene rings is 1. The summed E-state index contributed by atoms with van der Waals surface area (Å²) in [5.74, 6) is 0.354. The fraction of sp³-hybridized carbons (Fsp3) is 0.500. The van der Waals surface area contributed by atoms with E-state index in [-0.39, 0.29) is 11.9 Å². The Hall–Kier alpha value is -0.890. The van der Waals surface area contributed by atoms with Crippen molar-refractivity contribution < 1.29 is 4.39 Å². The second-order valence-electron chi connectivity index (χ2n) is 3.71. The van der Waals surface area contributed by atoms with Gasteiger partial charge in [-0.15, -0.1) is 0 Å². The third-order valence-corrected chi connectivity index (χ3v) is 2.73. The molecule has 0 radical (unpaired) electrons. The van der Waals surface area contributed by atoms with Crippen LogP contribution >= 0.6 is 0 Å². The lowest BCUT2D eigenvalue weighted by atomic mass is 9.93. The first-order valence-electron chi connectivity index (χ1n) is 5.11. The molecule has 1 aromatic carbocycles. The Labute approximate surface area is 85.3 Å². The Morgan fingerprint density at radius 3 is 2.64 bits per heavy atom. The summed E-state index contributed by atoms with van der Waals surface area (Å²) in [6, 6.07) is 7.06. The highest BCUT2D eigenvalue weighted by atomic mass is 19.1. The van der Waals surface area contributed by atoms with Gasteiger partial charge in [0.15, 0.2) is 0 Å². The number of nitrogens with one attached hydrogen (secondary N) is 1. The average Bonchev–Trinajstić information content (AvgIpc) is 2.19. The lowest BCUT2D eigenvalue weighted by Crippen LogP contribution is -2.23. The van der Waals surface area contributed by atoms with E-state index in [9.17, 15) is 4.39 Å². The average molecular weight is 195 g/mol. The van der Waals surface area contributed by atoms with E-state index in [1.54, 1.807) is 12.1 Å². The van der Waals surface area contributed by atoms with Crippen LogP contribution in [0.2, 0.25) is 0 Å². The van der Waals surface area contributed by atoms with Crippen LogP contribution in [-0.4, -0.2) is 7.05 Å². The first kappa shape index (κ1) is 11.2. The first-order chi connectivity index (χ1) is 6.69. The molecule has 1 N–H and O–H groups in total. The first-order valence-corrected chi connectivity index (χ1v) is 5.11. The van der Waals surface area contributed by atoms with Gasteiger partial charge in [0, 0.05) is 6.04 Å². The van der Waals surface area contributed by atoms with Gasteiger partial charge in [-0.2, -0.15) is 0 Å². The molecule has 0 fully saturated rings. The number of halogens is 1. The Kier molecular flexibility index (Phi) is 4.08. The van der Waals surface area contributed by atoms with E-state index in [4.69, 9.17) is 0 Å². The van der Waals surface area contributed by atoms with Gasteiger partial charge < -0.3 is 5.32 Å². The van der Waals surface area contributed by atoms with Crippen LogP contribution in [0.3, 0.4) is 0 Å². The molecule has 2 unspecified atom stereocenters. The fourth-order valence-corrected chi connectivity index (χ4v) is 1.72. The van der Waals surface area contributed by atoms with Gasteiger partial charge in [0.05, 0.1) is 0 Å². The molecular weight excluding hydrogens is 177 g/mol. The second kappa shape index (κ2) is 5.11. The van der Waals surface area contributed by atoms with Gasteiger partial charge in [0.25, 0.3) is 0 Å². The SMILES string of the molecule is CCC(C)C(NC)c1cccc(F)c1. The van der Waals surface area contributed by atoms with Crippen molar-refractivity contribution in [1.29, 1.82) is 0 Å². The summed E-state index contributed by atoms with van der Waals surface area (Å²) in [6.45, 7) is 4.32. The van der Waals surface area contributed by atoms with E-state index in [1.807, 2.05) is 13.1 Å². The summed E-state index contributed by atoms with van der Waals surface area (Å²) in [7, 11) is 1.92. The summed E-state index contributed by atoms with van der Waals surface area (Å²) >= 11 is 0. The molecule has 0 aromatic heterocycles. The predicted octanol–water partition coefficient (Wildman–Crippen LogP) is 3.13. The summed E-state index contributed by atoms with van der Waals surface area (Å²) in [4.78, 5) is 0. The monoisotopic (exact) mass is 195 g/mol. The van der Waals surface area contributed by atoms with Crippen LogP contribution in [0, 0.1) is 11.7 Å². The van der Waals surface area contributed by atoms with Crippen LogP contribution in [-0.2, 0) is 0 Å². The maximum atomic E-state index is 13.0. The summed E-state index contributed by atoms with van der Waals surface area (Å²) in [5.41, 5.74) is 1.03. The largest absolute Gasteiger partial charge is 0.313 e.